The predicted molar refractivity (Wildman–Crippen MR) is 130 cm³/mol. The summed E-state index contributed by atoms with van der Waals surface area (Å²) in [5.74, 6) is 5.30. The van der Waals surface area contributed by atoms with Gasteiger partial charge in [-0.15, -0.1) is 0 Å². The lowest BCUT2D eigenvalue weighted by atomic mass is 10.1. The monoisotopic (exact) mass is 470 g/mol. The van der Waals surface area contributed by atoms with E-state index >= 15 is 0 Å². The second-order valence-electron chi connectivity index (χ2n) is 7.78. The molecule has 0 radical (unpaired) electrons. The van der Waals surface area contributed by atoms with Gasteiger partial charge >= 0.3 is 5.97 Å². The van der Waals surface area contributed by atoms with Crippen molar-refractivity contribution in [2.75, 3.05) is 0 Å². The van der Waals surface area contributed by atoms with E-state index in [1.807, 2.05) is 38.2 Å². The van der Waals surface area contributed by atoms with Crippen molar-refractivity contribution in [1.82, 2.24) is 10.3 Å². The fraction of sp³-hybridized carbons (Fsp3) is 0.250. The van der Waals surface area contributed by atoms with Crippen LogP contribution in [-0.2, 0) is 16.2 Å². The average Bonchev–Trinajstić information content (AvgIpc) is 3.19. The Morgan fingerprint density at radius 2 is 2.06 bits per heavy atom. The summed E-state index contributed by atoms with van der Waals surface area (Å²) in [6.07, 6.45) is 1.82. The van der Waals surface area contributed by atoms with Crippen LogP contribution in [0.5, 0.6) is 5.75 Å². The molecule has 0 fully saturated rings. The first kappa shape index (κ1) is 24.3. The van der Waals surface area contributed by atoms with Crippen molar-refractivity contribution in [1.29, 1.82) is 0 Å². The highest BCUT2D eigenvalue weighted by molar-refractivity contribution is 6.32. The van der Waals surface area contributed by atoms with Crippen LogP contribution in [-0.4, -0.2) is 34.1 Å². The molecule has 0 aliphatic heterocycles. The average molecular weight is 471 g/mol. The van der Waals surface area contributed by atoms with Gasteiger partial charge in [0.2, 0.25) is 5.90 Å². The molecule has 1 aromatic heterocycles. The minimum absolute atomic E-state index is 0.0132. The highest BCUT2D eigenvalue weighted by Crippen LogP contribution is 2.29. The number of aromatic nitrogens is 1. The quantitative estimate of drug-likeness (QED) is 0.208. The molecule has 3 rings (SSSR count). The molecule has 174 valence electrons. The van der Waals surface area contributed by atoms with E-state index in [0.29, 0.717) is 28.6 Å². The second kappa shape index (κ2) is 10.5. The number of rotatable bonds is 9. The molecule has 0 spiro atoms. The van der Waals surface area contributed by atoms with Crippen LogP contribution in [0.25, 0.3) is 16.6 Å². The van der Waals surface area contributed by atoms with E-state index in [-0.39, 0.29) is 12.0 Å². The van der Waals surface area contributed by atoms with Crippen molar-refractivity contribution in [3.8, 4) is 5.75 Å². The van der Waals surface area contributed by atoms with E-state index in [2.05, 4.69) is 21.9 Å². The Hall–Kier alpha value is -3.33. The number of aromatic amines is 1. The van der Waals surface area contributed by atoms with Crippen molar-refractivity contribution in [2.24, 2.45) is 10.9 Å². The Morgan fingerprint density at radius 3 is 2.70 bits per heavy atom. The molecule has 0 saturated heterocycles. The van der Waals surface area contributed by atoms with Crippen LogP contribution in [0.3, 0.4) is 0 Å². The molecule has 0 aliphatic carbocycles. The molecule has 0 saturated carbocycles. The van der Waals surface area contributed by atoms with E-state index in [1.54, 1.807) is 25.1 Å². The molecule has 1 atom stereocenters. The first-order valence-corrected chi connectivity index (χ1v) is 10.8. The summed E-state index contributed by atoms with van der Waals surface area (Å²) < 4.78 is 5.66. The molecule has 33 heavy (non-hydrogen) atoms. The maximum Gasteiger partial charge on any atom is 0.320 e. The molecule has 1 heterocycles. The summed E-state index contributed by atoms with van der Waals surface area (Å²) in [6.45, 7) is 9.91. The number of carboxylic acids is 1. The molecule has 3 aromatic rings. The smallest absolute Gasteiger partial charge is 0.320 e. The largest absolute Gasteiger partial charge is 0.489 e. The number of halogens is 1. The van der Waals surface area contributed by atoms with E-state index in [1.165, 1.54) is 0 Å². The third kappa shape index (κ3) is 5.73. The number of benzene rings is 2. The Balaban J connectivity index is 1.88. The van der Waals surface area contributed by atoms with Gasteiger partial charge in [-0.1, -0.05) is 36.4 Å². The Labute approximate surface area is 197 Å². The van der Waals surface area contributed by atoms with Gasteiger partial charge in [0.05, 0.1) is 22.3 Å². The first-order chi connectivity index (χ1) is 15.7. The molecule has 0 bridgehead atoms. The van der Waals surface area contributed by atoms with Crippen LogP contribution in [0.15, 0.2) is 54.2 Å². The van der Waals surface area contributed by atoms with E-state index < -0.39 is 12.0 Å². The van der Waals surface area contributed by atoms with Gasteiger partial charge in [0.25, 0.3) is 0 Å². The van der Waals surface area contributed by atoms with Crippen LogP contribution in [0.4, 0.5) is 0 Å². The number of nitrogens with zero attached hydrogens (tertiary/aromatic N) is 1. The second-order valence-corrected chi connectivity index (χ2v) is 8.18. The number of para-hydroxylation sites is 1. The number of fused-ring (bicyclic) bond motifs is 1. The summed E-state index contributed by atoms with van der Waals surface area (Å²) in [5, 5.41) is 13.4. The van der Waals surface area contributed by atoms with E-state index in [9.17, 15) is 4.79 Å². The number of aliphatic carboxylic acids is 1. The Bertz CT molecular complexity index is 1200. The standard InChI is InChI=1S/C24H27ClN4O4/c1-13(2)32-21-9-8-16(10-20(21)25)23(33-26)29-14(3)18-6-5-7-19-17(12-28-22(18)19)11-27-15(4)24(30)31/h5-10,12-13,15,27-28H,3,11,26H2,1-2,4H3,(H,30,31)/t15-/m1/s1. The normalized spacial score (nSPS) is 12.7. The first-order valence-electron chi connectivity index (χ1n) is 10.4. The number of H-pyrrole nitrogens is 1. The van der Waals surface area contributed by atoms with E-state index in [0.717, 1.165) is 22.0 Å². The molecule has 0 amide bonds. The highest BCUT2D eigenvalue weighted by atomic mass is 35.5. The number of ether oxygens (including phenoxy) is 1. The maximum atomic E-state index is 11.1. The number of hydrogen-bond acceptors (Lipinski definition) is 6. The summed E-state index contributed by atoms with van der Waals surface area (Å²) in [6, 6.07) is 10.2. The van der Waals surface area contributed by atoms with Crippen molar-refractivity contribution in [2.45, 2.75) is 39.5 Å². The lowest BCUT2D eigenvalue weighted by Gasteiger charge is -2.13. The topological polar surface area (TPSA) is 122 Å². The van der Waals surface area contributed by atoms with E-state index in [4.69, 9.17) is 32.2 Å². The number of carbonyl (C=O) groups is 1. The lowest BCUT2D eigenvalue weighted by molar-refractivity contribution is -0.139. The minimum Gasteiger partial charge on any atom is -0.489 e. The fourth-order valence-electron chi connectivity index (χ4n) is 3.27. The molecule has 5 N–H and O–H groups in total. The van der Waals surface area contributed by atoms with Gasteiger partial charge in [0.1, 0.15) is 11.8 Å². The number of nitrogens with one attached hydrogen (secondary N) is 2. The number of carboxylic acid groups (broad SMARTS) is 1. The zero-order valence-corrected chi connectivity index (χ0v) is 19.4. The predicted octanol–water partition coefficient (Wildman–Crippen LogP) is 4.48. The SMILES string of the molecule is C=C(N=C(ON)c1ccc(OC(C)C)c(Cl)c1)c1cccc2c(CN[C@H](C)C(=O)O)c[nH]c12. The van der Waals surface area contributed by atoms with Crippen molar-refractivity contribution in [3.63, 3.8) is 0 Å². The summed E-state index contributed by atoms with van der Waals surface area (Å²) in [4.78, 5) is 23.8. The third-order valence-corrected chi connectivity index (χ3v) is 5.27. The van der Waals surface area contributed by atoms with Crippen molar-refractivity contribution in [3.05, 3.63) is 70.9 Å². The van der Waals surface area contributed by atoms with Crippen LogP contribution < -0.4 is 16.0 Å². The summed E-state index contributed by atoms with van der Waals surface area (Å²) in [5.41, 5.74) is 3.51. The zero-order valence-electron chi connectivity index (χ0n) is 18.7. The number of aliphatic imine (C=N–C) groups is 1. The lowest BCUT2D eigenvalue weighted by Crippen LogP contribution is -2.32. The van der Waals surface area contributed by atoms with Gasteiger partial charge in [-0.25, -0.2) is 4.99 Å². The van der Waals surface area contributed by atoms with Crippen molar-refractivity contribution >= 4 is 40.1 Å². The van der Waals surface area contributed by atoms with Crippen molar-refractivity contribution < 1.29 is 19.5 Å². The number of nitrogens with two attached hydrogens (primary N) is 1. The van der Waals surface area contributed by atoms with Crippen LogP contribution >= 0.6 is 11.6 Å². The third-order valence-electron chi connectivity index (χ3n) is 4.97. The molecule has 2 aromatic carbocycles. The Kier molecular flexibility index (Phi) is 7.75. The fourth-order valence-corrected chi connectivity index (χ4v) is 3.50. The molecular formula is C24H27ClN4O4. The number of hydrogen-bond donors (Lipinski definition) is 4. The van der Waals surface area contributed by atoms with Gasteiger partial charge in [0.15, 0.2) is 0 Å². The Morgan fingerprint density at radius 1 is 1.30 bits per heavy atom. The summed E-state index contributed by atoms with van der Waals surface area (Å²) >= 11 is 6.33. The van der Waals surface area contributed by atoms with Crippen LogP contribution in [0.1, 0.15) is 37.5 Å². The van der Waals surface area contributed by atoms with Crippen LogP contribution in [0.2, 0.25) is 5.02 Å². The van der Waals surface area contributed by atoms with Gasteiger partial charge < -0.3 is 25.0 Å². The zero-order chi connectivity index (χ0) is 24.1. The molecule has 8 nitrogen and oxygen atoms in total. The molecule has 0 unspecified atom stereocenters. The molecule has 9 heteroatoms. The molecular weight excluding hydrogens is 444 g/mol. The maximum absolute atomic E-state index is 11.1. The van der Waals surface area contributed by atoms with Crippen LogP contribution in [0, 0.1) is 0 Å². The van der Waals surface area contributed by atoms with Gasteiger partial charge in [0, 0.05) is 29.3 Å². The van der Waals surface area contributed by atoms with Gasteiger partial charge in [-0.05, 0) is 44.5 Å². The molecule has 0 aliphatic rings. The van der Waals surface area contributed by atoms with Gasteiger partial charge in [-0.3, -0.25) is 4.79 Å². The van der Waals surface area contributed by atoms with Gasteiger partial charge in [-0.2, -0.15) is 5.90 Å². The summed E-state index contributed by atoms with van der Waals surface area (Å²) in [7, 11) is 0. The minimum atomic E-state index is -0.906. The highest BCUT2D eigenvalue weighted by Gasteiger charge is 2.15.